The molecule has 0 N–H and O–H groups in total. The molecule has 1 aromatic rings. The summed E-state index contributed by atoms with van der Waals surface area (Å²) >= 11 is 0. The number of carbonyl (C=O) groups excluding carboxylic acids is 2. The van der Waals surface area contributed by atoms with E-state index in [9.17, 15) is 9.59 Å². The van der Waals surface area contributed by atoms with E-state index in [1.54, 1.807) is 11.9 Å². The van der Waals surface area contributed by atoms with Crippen molar-refractivity contribution in [1.82, 2.24) is 5.01 Å². The van der Waals surface area contributed by atoms with Gasteiger partial charge < -0.3 is 0 Å². The summed E-state index contributed by atoms with van der Waals surface area (Å²) in [5, 5.41) is 3.45. The molecule has 1 fully saturated rings. The normalized spacial score (nSPS) is 16.6. The van der Waals surface area contributed by atoms with Gasteiger partial charge in [-0.15, -0.1) is 0 Å². The lowest BCUT2D eigenvalue weighted by atomic mass is 10.2. The molecule has 1 aromatic carbocycles. The van der Waals surface area contributed by atoms with Crippen LogP contribution >= 0.6 is 0 Å². The summed E-state index contributed by atoms with van der Waals surface area (Å²) < 4.78 is 0. The molecule has 1 saturated heterocycles. The first-order valence-corrected chi connectivity index (χ1v) is 5.72. The Morgan fingerprint density at radius 3 is 2.71 bits per heavy atom. The first-order chi connectivity index (χ1) is 8.09. The molecule has 0 spiro atoms. The van der Waals surface area contributed by atoms with Gasteiger partial charge in [0.2, 0.25) is 5.91 Å². The lowest BCUT2D eigenvalue weighted by Crippen LogP contribution is -2.42. The number of nitrogens with zero attached hydrogens (tertiary/aromatic N) is 2. The Bertz CT molecular complexity index is 456. The van der Waals surface area contributed by atoms with Crippen LogP contribution in [0.15, 0.2) is 24.3 Å². The van der Waals surface area contributed by atoms with Gasteiger partial charge in [-0.25, -0.2) is 10.0 Å². The predicted molar refractivity (Wildman–Crippen MR) is 65.5 cm³/mol. The van der Waals surface area contributed by atoms with Crippen molar-refractivity contribution in [2.24, 2.45) is 0 Å². The van der Waals surface area contributed by atoms with E-state index in [-0.39, 0.29) is 11.7 Å². The molecule has 17 heavy (non-hydrogen) atoms. The number of aryl methyl sites for hydroxylation is 1. The molecule has 1 heterocycles. The Balaban J connectivity index is 2.31. The van der Waals surface area contributed by atoms with E-state index in [0.29, 0.717) is 19.5 Å². The van der Waals surface area contributed by atoms with Gasteiger partial charge in [-0.3, -0.25) is 9.59 Å². The number of hydrogen-bond donors (Lipinski definition) is 0. The van der Waals surface area contributed by atoms with Crippen LogP contribution in [0.3, 0.4) is 0 Å². The summed E-state index contributed by atoms with van der Waals surface area (Å²) in [6.45, 7) is 4.42. The minimum Gasteiger partial charge on any atom is -0.298 e. The van der Waals surface area contributed by atoms with Gasteiger partial charge >= 0.3 is 0 Å². The van der Waals surface area contributed by atoms with Gasteiger partial charge in [0.05, 0.1) is 12.2 Å². The van der Waals surface area contributed by atoms with Crippen LogP contribution in [0.2, 0.25) is 0 Å². The van der Waals surface area contributed by atoms with E-state index in [0.717, 1.165) is 11.3 Å². The Morgan fingerprint density at radius 1 is 1.35 bits per heavy atom. The van der Waals surface area contributed by atoms with E-state index in [1.807, 2.05) is 36.2 Å². The van der Waals surface area contributed by atoms with Crippen LogP contribution in [0, 0.1) is 6.92 Å². The van der Waals surface area contributed by atoms with Gasteiger partial charge in [-0.05, 0) is 25.5 Å². The molecular weight excluding hydrogens is 216 g/mol. The van der Waals surface area contributed by atoms with E-state index in [4.69, 9.17) is 0 Å². The number of amides is 1. The van der Waals surface area contributed by atoms with Crippen molar-refractivity contribution in [1.29, 1.82) is 0 Å². The van der Waals surface area contributed by atoms with Crippen molar-refractivity contribution < 1.29 is 9.59 Å². The van der Waals surface area contributed by atoms with Crippen LogP contribution in [0.1, 0.15) is 18.9 Å². The summed E-state index contributed by atoms with van der Waals surface area (Å²) in [5.41, 5.74) is 1.91. The zero-order valence-electron chi connectivity index (χ0n) is 10.1. The first-order valence-electron chi connectivity index (χ1n) is 5.72. The monoisotopic (exact) mass is 232 g/mol. The van der Waals surface area contributed by atoms with Gasteiger partial charge in [0.25, 0.3) is 0 Å². The quantitative estimate of drug-likeness (QED) is 0.793. The maximum atomic E-state index is 11.9. The maximum Gasteiger partial charge on any atom is 0.242 e. The number of ketones is 1. The van der Waals surface area contributed by atoms with Gasteiger partial charge in [0.1, 0.15) is 5.78 Å². The zero-order valence-corrected chi connectivity index (χ0v) is 10.1. The molecule has 4 nitrogen and oxygen atoms in total. The topological polar surface area (TPSA) is 40.6 Å². The van der Waals surface area contributed by atoms with Crippen molar-refractivity contribution >= 4 is 17.4 Å². The second kappa shape index (κ2) is 4.67. The molecule has 4 heteroatoms. The van der Waals surface area contributed by atoms with Gasteiger partial charge in [0, 0.05) is 13.0 Å². The number of para-hydroxylation sites is 1. The highest BCUT2D eigenvalue weighted by molar-refractivity contribution is 5.95. The van der Waals surface area contributed by atoms with Crippen LogP contribution in [-0.4, -0.2) is 29.8 Å². The van der Waals surface area contributed by atoms with Crippen LogP contribution in [-0.2, 0) is 9.59 Å². The van der Waals surface area contributed by atoms with Crippen LogP contribution in [0.5, 0.6) is 0 Å². The number of rotatable bonds is 3. The van der Waals surface area contributed by atoms with Gasteiger partial charge in [-0.2, -0.15) is 0 Å². The molecule has 0 unspecified atom stereocenters. The molecule has 0 aliphatic carbocycles. The lowest BCUT2D eigenvalue weighted by molar-refractivity contribution is -0.119. The maximum absolute atomic E-state index is 11.9. The summed E-state index contributed by atoms with van der Waals surface area (Å²) in [5.74, 6) is 0.124. The van der Waals surface area contributed by atoms with Crippen molar-refractivity contribution in [2.75, 3.05) is 18.1 Å². The molecule has 90 valence electrons. The Labute approximate surface area is 101 Å². The highest BCUT2D eigenvalue weighted by atomic mass is 16.2. The fraction of sp³-hybridized carbons (Fsp3) is 0.385. The zero-order chi connectivity index (χ0) is 12.4. The van der Waals surface area contributed by atoms with E-state index >= 15 is 0 Å². The standard InChI is InChI=1S/C13H16N2O2/c1-10-5-3-4-6-12(10)15-13(17)7-8-14(15)9-11(2)16/h3-6H,7-9H2,1-2H3. The second-order valence-corrected chi connectivity index (χ2v) is 4.33. The SMILES string of the molecule is CC(=O)CN1CCC(=O)N1c1ccccc1C. The number of anilines is 1. The average molecular weight is 232 g/mol. The summed E-state index contributed by atoms with van der Waals surface area (Å²) in [6.07, 6.45) is 0.474. The number of hydrazine groups is 1. The molecule has 1 amide bonds. The first kappa shape index (κ1) is 11.8. The van der Waals surface area contributed by atoms with E-state index in [1.165, 1.54) is 0 Å². The fourth-order valence-electron chi connectivity index (χ4n) is 2.08. The summed E-state index contributed by atoms with van der Waals surface area (Å²) in [4.78, 5) is 23.1. The number of Topliss-reactive ketones (excluding diaryl/α,β-unsaturated/α-hetero) is 1. The molecule has 0 saturated carbocycles. The van der Waals surface area contributed by atoms with Gasteiger partial charge in [-0.1, -0.05) is 18.2 Å². The Hall–Kier alpha value is -1.68. The van der Waals surface area contributed by atoms with Crippen LogP contribution in [0.25, 0.3) is 0 Å². The molecule has 1 aliphatic rings. The highest BCUT2D eigenvalue weighted by Gasteiger charge is 2.31. The van der Waals surface area contributed by atoms with E-state index < -0.39 is 0 Å². The molecule has 1 aliphatic heterocycles. The second-order valence-electron chi connectivity index (χ2n) is 4.33. The predicted octanol–water partition coefficient (Wildman–Crippen LogP) is 1.54. The van der Waals surface area contributed by atoms with Crippen molar-refractivity contribution in [3.05, 3.63) is 29.8 Å². The average Bonchev–Trinajstić information content (AvgIpc) is 2.60. The minimum atomic E-state index is 0.0561. The van der Waals surface area contributed by atoms with Crippen LogP contribution in [0.4, 0.5) is 5.69 Å². The minimum absolute atomic E-state index is 0.0561. The number of carbonyl (C=O) groups is 2. The third-order valence-electron chi connectivity index (χ3n) is 2.85. The lowest BCUT2D eigenvalue weighted by Gasteiger charge is -2.28. The van der Waals surface area contributed by atoms with Crippen molar-refractivity contribution in [2.45, 2.75) is 20.3 Å². The number of benzene rings is 1. The Kier molecular flexibility index (Phi) is 3.24. The molecule has 0 radical (unpaired) electrons. The molecule has 0 atom stereocenters. The molecule has 2 rings (SSSR count). The summed E-state index contributed by atoms with van der Waals surface area (Å²) in [6, 6.07) is 7.72. The van der Waals surface area contributed by atoms with Crippen molar-refractivity contribution in [3.8, 4) is 0 Å². The van der Waals surface area contributed by atoms with E-state index in [2.05, 4.69) is 0 Å². The summed E-state index contributed by atoms with van der Waals surface area (Å²) in [7, 11) is 0. The largest absolute Gasteiger partial charge is 0.298 e. The molecule has 0 bridgehead atoms. The Morgan fingerprint density at radius 2 is 2.06 bits per heavy atom. The third-order valence-corrected chi connectivity index (χ3v) is 2.85. The fourth-order valence-corrected chi connectivity index (χ4v) is 2.08. The molecular formula is C13H16N2O2. The van der Waals surface area contributed by atoms with Gasteiger partial charge in [0.15, 0.2) is 0 Å². The highest BCUT2D eigenvalue weighted by Crippen LogP contribution is 2.25. The smallest absolute Gasteiger partial charge is 0.242 e. The van der Waals surface area contributed by atoms with Crippen LogP contribution < -0.4 is 5.01 Å². The molecule has 0 aromatic heterocycles. The van der Waals surface area contributed by atoms with Crippen molar-refractivity contribution in [3.63, 3.8) is 0 Å². The number of hydrogen-bond acceptors (Lipinski definition) is 3. The third kappa shape index (κ3) is 2.36.